The highest BCUT2D eigenvalue weighted by atomic mass is 35.5. The Bertz CT molecular complexity index is 895. The number of nitrogens with two attached hydrogens (primary N) is 3. The van der Waals surface area contributed by atoms with Gasteiger partial charge in [-0.05, 0) is 12.1 Å². The Hall–Kier alpha value is -1.05. The summed E-state index contributed by atoms with van der Waals surface area (Å²) in [5.74, 6) is 0. The molecule has 0 aromatic heterocycles. The van der Waals surface area contributed by atoms with Crippen molar-refractivity contribution in [3.05, 3.63) is 22.7 Å². The first-order chi connectivity index (χ1) is 10.1. The van der Waals surface area contributed by atoms with Crippen molar-refractivity contribution in [2.75, 3.05) is 5.73 Å². The van der Waals surface area contributed by atoms with Gasteiger partial charge in [0.25, 0.3) is 0 Å². The van der Waals surface area contributed by atoms with Gasteiger partial charge in [0.1, 0.15) is 9.93 Å². The van der Waals surface area contributed by atoms with E-state index in [0.717, 1.165) is 0 Å². The molecule has 0 radical (unpaired) electrons. The first-order valence-corrected chi connectivity index (χ1v) is 9.03. The number of anilines is 1. The van der Waals surface area contributed by atoms with E-state index in [-0.39, 0.29) is 0 Å². The largest absolute Gasteiger partial charge is 0.428 e. The van der Waals surface area contributed by atoms with Crippen molar-refractivity contribution in [3.63, 3.8) is 0 Å². The molecule has 130 valence electrons. The number of hydrogen-bond acceptors (Lipinski definition) is 5. The molecular formula is C9H8Cl2F3N3O4S2. The topological polar surface area (TPSA) is 146 Å². The summed E-state index contributed by atoms with van der Waals surface area (Å²) >= 11 is 10.5. The fourth-order valence-corrected chi connectivity index (χ4v) is 3.39. The lowest BCUT2D eigenvalue weighted by Gasteiger charge is -2.14. The van der Waals surface area contributed by atoms with E-state index in [0.29, 0.717) is 12.1 Å². The molecule has 14 heteroatoms. The van der Waals surface area contributed by atoms with E-state index in [9.17, 15) is 30.0 Å². The van der Waals surface area contributed by atoms with Gasteiger partial charge in [-0.2, -0.15) is 13.2 Å². The van der Waals surface area contributed by atoms with Crippen molar-refractivity contribution < 1.29 is 30.0 Å². The third kappa shape index (κ3) is 4.49. The highest BCUT2D eigenvalue weighted by Gasteiger charge is 2.36. The second-order valence-electron chi connectivity index (χ2n) is 4.10. The van der Waals surface area contributed by atoms with Crippen LogP contribution in [0.15, 0.2) is 27.0 Å². The molecule has 0 fully saturated rings. The van der Waals surface area contributed by atoms with Crippen LogP contribution < -0.4 is 16.0 Å². The molecule has 0 bridgehead atoms. The zero-order chi connectivity index (χ0) is 18.4. The number of hydrogen-bond donors (Lipinski definition) is 3. The fraction of sp³-hybridized carbons (Fsp3) is 0.111. The molecule has 1 rings (SSSR count). The molecule has 0 atom stereocenters. The maximum Gasteiger partial charge on any atom is 0.428 e. The third-order valence-electron chi connectivity index (χ3n) is 2.40. The van der Waals surface area contributed by atoms with Crippen molar-refractivity contribution in [2.24, 2.45) is 10.3 Å². The lowest BCUT2D eigenvalue weighted by atomic mass is 10.1. The average Bonchev–Trinajstić information content (AvgIpc) is 2.32. The molecule has 0 heterocycles. The normalized spacial score (nSPS) is 14.6. The predicted octanol–water partition coefficient (Wildman–Crippen LogP) is 1.27. The summed E-state index contributed by atoms with van der Waals surface area (Å²) in [6.07, 6.45) is -5.08. The van der Waals surface area contributed by atoms with Crippen LogP contribution in [-0.4, -0.2) is 23.0 Å². The predicted molar refractivity (Wildman–Crippen MR) is 78.3 cm³/mol. The number of allylic oxidation sites excluding steroid dienone is 1. The Morgan fingerprint density at radius 1 is 0.957 bits per heavy atom. The van der Waals surface area contributed by atoms with E-state index >= 15 is 0 Å². The second-order valence-corrected chi connectivity index (χ2v) is 7.92. The van der Waals surface area contributed by atoms with E-state index in [1.54, 1.807) is 0 Å². The first-order valence-electron chi connectivity index (χ1n) is 5.18. The summed E-state index contributed by atoms with van der Waals surface area (Å²) in [5.41, 5.74) is 3.91. The molecule has 1 aromatic carbocycles. The Labute approximate surface area is 138 Å². The van der Waals surface area contributed by atoms with Gasteiger partial charge in [-0.25, -0.2) is 27.1 Å². The Kier molecular flexibility index (Phi) is 5.31. The SMILES string of the molecule is Nc1cc(C(Cl)=C(Cl)C(F)(F)F)c(S(N)(=O)=O)cc1S(N)(=O)=O. The minimum atomic E-state index is -5.08. The Morgan fingerprint density at radius 3 is 1.74 bits per heavy atom. The van der Waals surface area contributed by atoms with Crippen LogP contribution in [0.1, 0.15) is 5.56 Å². The van der Waals surface area contributed by atoms with E-state index in [1.165, 1.54) is 0 Å². The second kappa shape index (κ2) is 6.11. The highest BCUT2D eigenvalue weighted by molar-refractivity contribution is 7.90. The lowest BCUT2D eigenvalue weighted by molar-refractivity contribution is -0.0838. The molecule has 1 aromatic rings. The molecule has 0 aliphatic heterocycles. The first kappa shape index (κ1) is 20.0. The molecule has 0 aliphatic carbocycles. The summed E-state index contributed by atoms with van der Waals surface area (Å²) in [4.78, 5) is -1.89. The summed E-state index contributed by atoms with van der Waals surface area (Å²) in [6.45, 7) is 0. The van der Waals surface area contributed by atoms with Crippen LogP contribution in [0.25, 0.3) is 5.03 Å². The van der Waals surface area contributed by atoms with E-state index < -0.39 is 57.3 Å². The van der Waals surface area contributed by atoms with Gasteiger partial charge in [-0.1, -0.05) is 23.2 Å². The number of primary sulfonamides is 2. The van der Waals surface area contributed by atoms with Gasteiger partial charge >= 0.3 is 6.18 Å². The monoisotopic (exact) mass is 413 g/mol. The van der Waals surface area contributed by atoms with Gasteiger partial charge in [0.15, 0.2) is 0 Å². The summed E-state index contributed by atoms with van der Waals surface area (Å²) < 4.78 is 83.4. The van der Waals surface area contributed by atoms with Gasteiger partial charge < -0.3 is 5.73 Å². The van der Waals surface area contributed by atoms with Crippen LogP contribution in [0, 0.1) is 0 Å². The third-order valence-corrected chi connectivity index (χ3v) is 5.21. The molecule has 6 N–H and O–H groups in total. The van der Waals surface area contributed by atoms with Gasteiger partial charge in [0, 0.05) is 5.56 Å². The van der Waals surface area contributed by atoms with Crippen LogP contribution in [0.5, 0.6) is 0 Å². The van der Waals surface area contributed by atoms with Crippen molar-refractivity contribution in [1.82, 2.24) is 0 Å². The molecule has 7 nitrogen and oxygen atoms in total. The zero-order valence-electron chi connectivity index (χ0n) is 10.7. The van der Waals surface area contributed by atoms with Crippen molar-refractivity contribution in [3.8, 4) is 0 Å². The molecule has 0 spiro atoms. The van der Waals surface area contributed by atoms with Crippen molar-refractivity contribution in [1.29, 1.82) is 0 Å². The minimum Gasteiger partial charge on any atom is -0.398 e. The van der Waals surface area contributed by atoms with Crippen molar-refractivity contribution in [2.45, 2.75) is 16.0 Å². The van der Waals surface area contributed by atoms with Crippen LogP contribution in [0.3, 0.4) is 0 Å². The molecule has 23 heavy (non-hydrogen) atoms. The minimum absolute atomic E-state index is 0.401. The van der Waals surface area contributed by atoms with E-state index in [2.05, 4.69) is 0 Å². The van der Waals surface area contributed by atoms with Gasteiger partial charge in [0.2, 0.25) is 20.0 Å². The smallest absolute Gasteiger partial charge is 0.398 e. The van der Waals surface area contributed by atoms with E-state index in [4.69, 9.17) is 39.2 Å². The summed E-state index contributed by atoms with van der Waals surface area (Å²) in [6, 6.07) is 0.966. The number of benzene rings is 1. The maximum absolute atomic E-state index is 12.6. The van der Waals surface area contributed by atoms with Crippen LogP contribution in [-0.2, 0) is 20.0 Å². The van der Waals surface area contributed by atoms with Crippen LogP contribution in [0.4, 0.5) is 18.9 Å². The summed E-state index contributed by atoms with van der Waals surface area (Å²) in [5, 5.41) is 6.62. The number of halogens is 5. The molecule has 0 saturated carbocycles. The number of alkyl halides is 3. The Morgan fingerprint density at radius 2 is 1.39 bits per heavy atom. The average molecular weight is 414 g/mol. The highest BCUT2D eigenvalue weighted by Crippen LogP contribution is 2.40. The maximum atomic E-state index is 12.6. The number of nitrogen functional groups attached to an aromatic ring is 1. The quantitative estimate of drug-likeness (QED) is 0.638. The van der Waals surface area contributed by atoms with Gasteiger partial charge in [-0.15, -0.1) is 0 Å². The van der Waals surface area contributed by atoms with Crippen LogP contribution >= 0.6 is 23.2 Å². The lowest BCUT2D eigenvalue weighted by Crippen LogP contribution is -2.19. The molecular weight excluding hydrogens is 406 g/mol. The Balaban J connectivity index is 3.94. The molecule has 0 amide bonds. The standard InChI is InChI=1S/C9H8Cl2F3N3O4S2/c10-7(8(11)9(12,13)14)3-1-4(15)6(23(17,20)21)2-5(3)22(16,18)19/h1-2H,15H2,(H2,16,18,19)(H2,17,20,21). The number of sulfonamides is 2. The van der Waals surface area contributed by atoms with Gasteiger partial charge in [0.05, 0.1) is 15.6 Å². The van der Waals surface area contributed by atoms with Gasteiger partial charge in [-0.3, -0.25) is 0 Å². The fourth-order valence-electron chi connectivity index (χ4n) is 1.47. The number of rotatable bonds is 3. The van der Waals surface area contributed by atoms with Crippen molar-refractivity contribution >= 4 is 54.0 Å². The van der Waals surface area contributed by atoms with Crippen LogP contribution in [0.2, 0.25) is 0 Å². The zero-order valence-corrected chi connectivity index (χ0v) is 13.9. The molecule has 0 unspecified atom stereocenters. The molecule has 0 aliphatic rings. The molecule has 0 saturated heterocycles. The summed E-state index contributed by atoms with van der Waals surface area (Å²) in [7, 11) is -9.14. The van der Waals surface area contributed by atoms with E-state index in [1.807, 2.05) is 0 Å².